The number of ether oxygens (including phenoxy) is 2. The van der Waals surface area contributed by atoms with E-state index < -0.39 is 41.1 Å². The number of rotatable bonds is 8. The van der Waals surface area contributed by atoms with Crippen molar-refractivity contribution in [2.24, 2.45) is 11.8 Å². The number of cyclic esters (lactones) is 1. The summed E-state index contributed by atoms with van der Waals surface area (Å²) < 4.78 is 12.6. The molecule has 0 radical (unpaired) electrons. The number of nitrogens with zero attached hydrogens (tertiary/aromatic N) is 2. The van der Waals surface area contributed by atoms with E-state index in [0.717, 1.165) is 18.4 Å². The van der Waals surface area contributed by atoms with Crippen LogP contribution in [0.3, 0.4) is 0 Å². The summed E-state index contributed by atoms with van der Waals surface area (Å²) in [5.41, 5.74) is -1.47. The number of carbonyl (C=O) groups is 3. The summed E-state index contributed by atoms with van der Waals surface area (Å²) >= 11 is 0. The smallest absolute Gasteiger partial charge is 0.313 e. The zero-order valence-corrected chi connectivity index (χ0v) is 23.1. The van der Waals surface area contributed by atoms with Gasteiger partial charge in [0.15, 0.2) is 0 Å². The fourth-order valence-corrected chi connectivity index (χ4v) is 7.19. The minimum absolute atomic E-state index is 0.0416. The van der Waals surface area contributed by atoms with Crippen molar-refractivity contribution in [2.75, 3.05) is 19.8 Å². The second-order valence-electron chi connectivity index (χ2n) is 11.3. The molecule has 0 aliphatic carbocycles. The van der Waals surface area contributed by atoms with Gasteiger partial charge in [0.05, 0.1) is 25.2 Å². The molecule has 2 saturated heterocycles. The Hall–Kier alpha value is -2.97. The molecule has 210 valence electrons. The fraction of sp³-hybridized carbons (Fsp3) is 0.581. The van der Waals surface area contributed by atoms with Crippen molar-refractivity contribution in [1.82, 2.24) is 9.80 Å². The molecular weight excluding hydrogens is 496 g/mol. The van der Waals surface area contributed by atoms with Crippen LogP contribution in [0.4, 0.5) is 0 Å². The van der Waals surface area contributed by atoms with Crippen molar-refractivity contribution < 1.29 is 29.0 Å². The van der Waals surface area contributed by atoms with Crippen molar-refractivity contribution in [3.05, 3.63) is 60.2 Å². The van der Waals surface area contributed by atoms with Crippen molar-refractivity contribution in [3.63, 3.8) is 0 Å². The van der Waals surface area contributed by atoms with Gasteiger partial charge in [-0.2, -0.15) is 0 Å². The number of fused-ring (bicyclic) bond motifs is 2. The van der Waals surface area contributed by atoms with Gasteiger partial charge in [0, 0.05) is 12.6 Å². The van der Waals surface area contributed by atoms with Gasteiger partial charge in [-0.25, -0.2) is 0 Å². The highest BCUT2D eigenvalue weighted by atomic mass is 16.6. The van der Waals surface area contributed by atoms with E-state index in [1.54, 1.807) is 0 Å². The Morgan fingerprint density at radius 3 is 2.51 bits per heavy atom. The molecule has 0 bridgehead atoms. The van der Waals surface area contributed by atoms with Crippen molar-refractivity contribution >= 4 is 17.8 Å². The highest BCUT2D eigenvalue weighted by molar-refractivity contribution is 5.99. The average Bonchev–Trinajstić information content (AvgIpc) is 3.28. The van der Waals surface area contributed by atoms with Gasteiger partial charge in [0.1, 0.15) is 23.2 Å². The van der Waals surface area contributed by atoms with Crippen LogP contribution in [0.1, 0.15) is 52.0 Å². The number of aliphatic hydroxyl groups is 1. The molecule has 8 heteroatoms. The Morgan fingerprint density at radius 1 is 1.05 bits per heavy atom. The zero-order chi connectivity index (χ0) is 27.8. The summed E-state index contributed by atoms with van der Waals surface area (Å²) in [7, 11) is 0. The second-order valence-corrected chi connectivity index (χ2v) is 11.3. The SMILES string of the molecule is CCCC(C)N1CC=C[C@]23O[C@]4(CC)C=CCCOC(=O)[C@@H]4[C@H]2C(=O)N([C@@H](CO)Cc2ccccc2)C3C1=O. The van der Waals surface area contributed by atoms with Gasteiger partial charge in [-0.15, -0.1) is 0 Å². The summed E-state index contributed by atoms with van der Waals surface area (Å²) in [5.74, 6) is -2.86. The van der Waals surface area contributed by atoms with Crippen LogP contribution in [0.5, 0.6) is 0 Å². The Balaban J connectivity index is 1.66. The minimum Gasteiger partial charge on any atom is -0.465 e. The molecular formula is C31H40N2O6. The predicted octanol–water partition coefficient (Wildman–Crippen LogP) is 3.04. The molecule has 2 amide bonds. The first kappa shape index (κ1) is 27.6. The van der Waals surface area contributed by atoms with Gasteiger partial charge in [-0.05, 0) is 38.2 Å². The standard InChI is InChI=1S/C31H40N2O6/c1-4-12-21(3)32-17-11-16-31-24(25-29(37)38-18-10-9-15-30(25,5-2)39-31)27(35)33(26(31)28(32)36)23(20-34)19-22-13-7-6-8-14-22/h6-9,11,13-16,21,23-26,34H,4-5,10,12,17-20H2,1-3H3/t21?,23-,24+,25+,26?,30-,31+/m1/s1. The molecule has 7 atom stereocenters. The number of esters is 1. The number of hydrogen-bond acceptors (Lipinski definition) is 6. The number of aliphatic hydroxyl groups excluding tert-OH is 1. The number of benzene rings is 1. The summed E-state index contributed by atoms with van der Waals surface area (Å²) in [6.07, 6.45) is 10.7. The maximum atomic E-state index is 14.6. The molecule has 4 aliphatic heterocycles. The lowest BCUT2D eigenvalue weighted by molar-refractivity contribution is -0.164. The molecule has 1 aromatic rings. The molecule has 1 spiro atoms. The maximum Gasteiger partial charge on any atom is 0.313 e. The monoisotopic (exact) mass is 536 g/mol. The van der Waals surface area contributed by atoms with Crippen molar-refractivity contribution in [3.8, 4) is 0 Å². The highest BCUT2D eigenvalue weighted by Gasteiger charge is 2.76. The van der Waals surface area contributed by atoms with Crippen LogP contribution in [0.25, 0.3) is 0 Å². The van der Waals surface area contributed by atoms with E-state index in [2.05, 4.69) is 6.92 Å². The molecule has 0 aromatic heterocycles. The first-order chi connectivity index (χ1) is 18.8. The molecule has 8 nitrogen and oxygen atoms in total. The van der Waals surface area contributed by atoms with Crippen LogP contribution in [0, 0.1) is 11.8 Å². The van der Waals surface area contributed by atoms with E-state index in [0.29, 0.717) is 25.8 Å². The number of amides is 2. The minimum atomic E-state index is -1.35. The molecule has 5 rings (SSSR count). The average molecular weight is 537 g/mol. The first-order valence-electron chi connectivity index (χ1n) is 14.3. The lowest BCUT2D eigenvalue weighted by Crippen LogP contribution is -2.60. The first-order valence-corrected chi connectivity index (χ1v) is 14.3. The molecule has 4 heterocycles. The Bertz CT molecular complexity index is 1150. The van der Waals surface area contributed by atoms with E-state index in [4.69, 9.17) is 9.47 Å². The maximum absolute atomic E-state index is 14.6. The lowest BCUT2D eigenvalue weighted by Gasteiger charge is -2.42. The zero-order valence-electron chi connectivity index (χ0n) is 23.1. The summed E-state index contributed by atoms with van der Waals surface area (Å²) in [6, 6.07) is 7.91. The normalized spacial score (nSPS) is 33.5. The second kappa shape index (κ2) is 10.9. The highest BCUT2D eigenvalue weighted by Crippen LogP contribution is 2.58. The lowest BCUT2D eigenvalue weighted by atomic mass is 9.73. The van der Waals surface area contributed by atoms with Gasteiger partial charge in [-0.3, -0.25) is 14.4 Å². The number of hydrogen-bond donors (Lipinski definition) is 1. The summed E-state index contributed by atoms with van der Waals surface area (Å²) in [6.45, 7) is 6.34. The molecule has 4 aliphatic rings. The van der Waals surface area contributed by atoms with Crippen LogP contribution in [0.2, 0.25) is 0 Å². The van der Waals surface area contributed by atoms with Gasteiger partial charge in [0.25, 0.3) is 0 Å². The van der Waals surface area contributed by atoms with E-state index >= 15 is 0 Å². The largest absolute Gasteiger partial charge is 0.465 e. The van der Waals surface area contributed by atoms with Gasteiger partial charge >= 0.3 is 5.97 Å². The van der Waals surface area contributed by atoms with Gasteiger partial charge in [-0.1, -0.05) is 74.9 Å². The Labute approximate surface area is 230 Å². The Kier molecular flexibility index (Phi) is 7.71. The van der Waals surface area contributed by atoms with Crippen LogP contribution < -0.4 is 0 Å². The van der Waals surface area contributed by atoms with Crippen molar-refractivity contribution in [1.29, 1.82) is 0 Å². The van der Waals surface area contributed by atoms with E-state index in [1.807, 2.05) is 73.4 Å². The van der Waals surface area contributed by atoms with Crippen LogP contribution in [0.15, 0.2) is 54.6 Å². The molecule has 0 saturated carbocycles. The van der Waals surface area contributed by atoms with Crippen molar-refractivity contribution in [2.45, 2.75) is 82.2 Å². The topological polar surface area (TPSA) is 96.4 Å². The summed E-state index contributed by atoms with van der Waals surface area (Å²) in [4.78, 5) is 46.0. The fourth-order valence-electron chi connectivity index (χ4n) is 7.19. The Morgan fingerprint density at radius 2 is 1.82 bits per heavy atom. The predicted molar refractivity (Wildman–Crippen MR) is 145 cm³/mol. The third-order valence-corrected chi connectivity index (χ3v) is 9.03. The molecule has 39 heavy (non-hydrogen) atoms. The van der Waals surface area contributed by atoms with Gasteiger partial charge in [0.2, 0.25) is 11.8 Å². The quantitative estimate of drug-likeness (QED) is 0.405. The van der Waals surface area contributed by atoms with E-state index in [1.165, 1.54) is 4.90 Å². The molecule has 2 unspecified atom stereocenters. The molecule has 2 fully saturated rings. The van der Waals surface area contributed by atoms with E-state index in [9.17, 15) is 19.5 Å². The van der Waals surface area contributed by atoms with Gasteiger partial charge < -0.3 is 24.4 Å². The third kappa shape index (κ3) is 4.42. The summed E-state index contributed by atoms with van der Waals surface area (Å²) in [5, 5.41) is 10.6. The van der Waals surface area contributed by atoms with Crippen LogP contribution in [-0.4, -0.2) is 81.8 Å². The van der Waals surface area contributed by atoms with E-state index in [-0.39, 0.29) is 31.1 Å². The number of likely N-dealkylation sites (tertiary alicyclic amines) is 1. The third-order valence-electron chi connectivity index (χ3n) is 9.03. The van der Waals surface area contributed by atoms with Crippen LogP contribution >= 0.6 is 0 Å². The van der Waals surface area contributed by atoms with Crippen LogP contribution in [-0.2, 0) is 30.3 Å². The number of carbonyl (C=O) groups excluding carboxylic acids is 3. The molecule has 1 aromatic carbocycles. The molecule has 1 N–H and O–H groups in total.